The number of carbonyl (C=O) groups is 2. The van der Waals surface area contributed by atoms with Crippen molar-refractivity contribution in [3.8, 4) is 0 Å². The molecule has 0 saturated heterocycles. The molecule has 1 amide bonds. The van der Waals surface area contributed by atoms with E-state index in [1.54, 1.807) is 0 Å². The maximum atomic E-state index is 13.1. The molecule has 0 rings (SSSR count). The summed E-state index contributed by atoms with van der Waals surface area (Å²) in [6, 6.07) is -0.735. The maximum absolute atomic E-state index is 13.1. The van der Waals surface area contributed by atoms with Gasteiger partial charge in [0, 0.05) is 6.42 Å². The van der Waals surface area contributed by atoms with E-state index in [-0.39, 0.29) is 24.9 Å². The van der Waals surface area contributed by atoms with Gasteiger partial charge in [-0.2, -0.15) is 0 Å². The lowest BCUT2D eigenvalue weighted by atomic mass is 10.0. The summed E-state index contributed by atoms with van der Waals surface area (Å²) >= 11 is 0. The summed E-state index contributed by atoms with van der Waals surface area (Å²) in [6.07, 6.45) is 61.6. The van der Waals surface area contributed by atoms with Crippen molar-refractivity contribution in [3.63, 3.8) is 0 Å². The predicted molar refractivity (Wildman–Crippen MR) is 254 cm³/mol. The van der Waals surface area contributed by atoms with Crippen LogP contribution in [0.1, 0.15) is 188 Å². The van der Waals surface area contributed by atoms with Gasteiger partial charge in [0.05, 0.1) is 25.2 Å². The first kappa shape index (κ1) is 55.5. The maximum Gasteiger partial charge on any atom is 0.306 e. The Kier molecular flexibility index (Phi) is 42.9. The number of nitrogens with one attached hydrogen (secondary N) is 1. The molecule has 334 valence electrons. The quantitative estimate of drug-likeness (QED) is 0.0325. The van der Waals surface area contributed by atoms with Gasteiger partial charge >= 0.3 is 5.97 Å². The Labute approximate surface area is 362 Å². The van der Waals surface area contributed by atoms with Gasteiger partial charge in [0.25, 0.3) is 0 Å². The molecule has 0 radical (unpaired) electrons. The summed E-state index contributed by atoms with van der Waals surface area (Å²) in [4.78, 5) is 26.0. The highest BCUT2D eigenvalue weighted by Crippen LogP contribution is 2.15. The van der Waals surface area contributed by atoms with Crippen LogP contribution in [-0.4, -0.2) is 46.9 Å². The van der Waals surface area contributed by atoms with Gasteiger partial charge in [-0.25, -0.2) is 0 Å². The van der Waals surface area contributed by atoms with Crippen molar-refractivity contribution in [2.75, 3.05) is 6.61 Å². The molecule has 3 unspecified atom stereocenters. The molecule has 0 fully saturated rings. The minimum Gasteiger partial charge on any atom is -0.462 e. The fourth-order valence-corrected chi connectivity index (χ4v) is 6.34. The normalized spacial score (nSPS) is 14.3. The summed E-state index contributed by atoms with van der Waals surface area (Å²) in [5.41, 5.74) is 0. The number of rotatable bonds is 40. The molecule has 0 aliphatic carbocycles. The van der Waals surface area contributed by atoms with E-state index in [1.807, 2.05) is 0 Å². The fourth-order valence-electron chi connectivity index (χ4n) is 6.34. The van der Waals surface area contributed by atoms with Crippen LogP contribution in [0.5, 0.6) is 0 Å². The lowest BCUT2D eigenvalue weighted by Crippen LogP contribution is -2.46. The first-order valence-electron chi connectivity index (χ1n) is 23.6. The molecule has 59 heavy (non-hydrogen) atoms. The zero-order chi connectivity index (χ0) is 43.1. The van der Waals surface area contributed by atoms with Crippen LogP contribution in [0.15, 0.2) is 109 Å². The second kappa shape index (κ2) is 45.6. The number of amides is 1. The number of carbonyl (C=O) groups excluding carboxylic acids is 2. The van der Waals surface area contributed by atoms with E-state index in [0.29, 0.717) is 25.7 Å². The standard InChI is InChI=1S/C53H87NO5/c1-4-7-10-13-16-19-21-23-25-26-27-29-31-34-37-40-43-46-53(58)59-49(44-41-38-35-33-30-28-24-22-20-17-14-11-8-5-2)47-52(57)54-50(48-55)51(56)45-42-39-36-32-18-15-12-9-6-3/h7-8,10-11,16-17,19-20,23-25,27-29,33-35,37,49-51,55-56H,4-6,9,12-15,18,21-22,26,30-32,36,38-48H2,1-3H3,(H,54,57)/b10-7-,11-8+,19-16-,20-17+,25-23-,28-24+,29-27-,35-33+,37-34-. The van der Waals surface area contributed by atoms with Gasteiger partial charge < -0.3 is 20.3 Å². The molecule has 6 nitrogen and oxygen atoms in total. The lowest BCUT2D eigenvalue weighted by molar-refractivity contribution is -0.151. The number of aliphatic hydroxyl groups excluding tert-OH is 2. The average molecular weight is 818 g/mol. The highest BCUT2D eigenvalue weighted by atomic mass is 16.5. The van der Waals surface area contributed by atoms with E-state index < -0.39 is 18.2 Å². The van der Waals surface area contributed by atoms with Crippen molar-refractivity contribution < 1.29 is 24.5 Å². The van der Waals surface area contributed by atoms with Crippen LogP contribution in [-0.2, 0) is 14.3 Å². The Hall–Kier alpha value is -3.48. The van der Waals surface area contributed by atoms with Gasteiger partial charge in [-0.1, -0.05) is 188 Å². The number of hydrogen-bond donors (Lipinski definition) is 3. The van der Waals surface area contributed by atoms with Crippen LogP contribution in [0.3, 0.4) is 0 Å². The van der Waals surface area contributed by atoms with Gasteiger partial charge in [0.2, 0.25) is 5.91 Å². The summed E-state index contributed by atoms with van der Waals surface area (Å²) in [5.74, 6) is -0.613. The second-order valence-electron chi connectivity index (χ2n) is 15.4. The minimum absolute atomic E-state index is 0.00989. The van der Waals surface area contributed by atoms with Gasteiger partial charge in [-0.3, -0.25) is 9.59 Å². The smallest absolute Gasteiger partial charge is 0.306 e. The van der Waals surface area contributed by atoms with Crippen LogP contribution in [0.4, 0.5) is 0 Å². The van der Waals surface area contributed by atoms with Crippen molar-refractivity contribution in [2.45, 2.75) is 206 Å². The zero-order valence-electron chi connectivity index (χ0n) is 37.8. The van der Waals surface area contributed by atoms with Crippen molar-refractivity contribution >= 4 is 11.9 Å². The van der Waals surface area contributed by atoms with Crippen LogP contribution in [0.25, 0.3) is 0 Å². The van der Waals surface area contributed by atoms with Gasteiger partial charge in [0.1, 0.15) is 6.10 Å². The molecule has 0 aliphatic rings. The molecule has 0 aromatic heterocycles. The van der Waals surface area contributed by atoms with Crippen LogP contribution >= 0.6 is 0 Å². The van der Waals surface area contributed by atoms with Crippen molar-refractivity contribution in [3.05, 3.63) is 109 Å². The Morgan fingerprint density at radius 3 is 1.36 bits per heavy atom. The zero-order valence-corrected chi connectivity index (χ0v) is 37.8. The van der Waals surface area contributed by atoms with Crippen molar-refractivity contribution in [1.29, 1.82) is 0 Å². The monoisotopic (exact) mass is 818 g/mol. The molecular formula is C53H87NO5. The number of allylic oxidation sites excluding steroid dienone is 18. The lowest BCUT2D eigenvalue weighted by Gasteiger charge is -2.24. The number of esters is 1. The van der Waals surface area contributed by atoms with Crippen LogP contribution in [0.2, 0.25) is 0 Å². The molecule has 0 bridgehead atoms. The first-order valence-corrected chi connectivity index (χ1v) is 23.6. The molecule has 6 heteroatoms. The van der Waals surface area contributed by atoms with E-state index in [1.165, 1.54) is 38.5 Å². The highest BCUT2D eigenvalue weighted by molar-refractivity contribution is 5.77. The molecule has 0 saturated carbocycles. The van der Waals surface area contributed by atoms with Crippen molar-refractivity contribution in [2.24, 2.45) is 0 Å². The molecule has 0 spiro atoms. The molecular weight excluding hydrogens is 731 g/mol. The predicted octanol–water partition coefficient (Wildman–Crippen LogP) is 13.9. The SMILES string of the molecule is CC/C=C\C/C=C\C/C=C\C/C=C\C/C=C\CCCC(=O)OC(CCC/C=C/C/C=C/C/C=C/C/C=C/CC)CC(=O)NC(CO)C(O)CCCCCCCCCCC. The van der Waals surface area contributed by atoms with Crippen LogP contribution in [0, 0.1) is 0 Å². The fraction of sp³-hybridized carbons (Fsp3) is 0.623. The van der Waals surface area contributed by atoms with Gasteiger partial charge in [-0.15, -0.1) is 0 Å². The molecule has 3 N–H and O–H groups in total. The summed E-state index contributed by atoms with van der Waals surface area (Å²) in [6.45, 7) is 6.18. The number of ether oxygens (including phenoxy) is 1. The van der Waals surface area contributed by atoms with Gasteiger partial charge in [0.15, 0.2) is 0 Å². The Morgan fingerprint density at radius 1 is 0.508 bits per heavy atom. The van der Waals surface area contributed by atoms with Gasteiger partial charge in [-0.05, 0) is 96.3 Å². The third-order valence-corrected chi connectivity index (χ3v) is 9.85. The molecule has 0 heterocycles. The molecule has 0 aromatic rings. The van der Waals surface area contributed by atoms with E-state index >= 15 is 0 Å². The topological polar surface area (TPSA) is 95.9 Å². The third-order valence-electron chi connectivity index (χ3n) is 9.85. The summed E-state index contributed by atoms with van der Waals surface area (Å²) in [7, 11) is 0. The highest BCUT2D eigenvalue weighted by Gasteiger charge is 2.23. The first-order chi connectivity index (χ1) is 29.0. The number of unbranched alkanes of at least 4 members (excludes halogenated alkanes) is 10. The summed E-state index contributed by atoms with van der Waals surface area (Å²) in [5, 5.41) is 23.6. The Morgan fingerprint density at radius 2 is 0.915 bits per heavy atom. The van der Waals surface area contributed by atoms with Crippen LogP contribution < -0.4 is 5.32 Å². The summed E-state index contributed by atoms with van der Waals surface area (Å²) < 4.78 is 5.85. The van der Waals surface area contributed by atoms with E-state index in [9.17, 15) is 19.8 Å². The largest absolute Gasteiger partial charge is 0.462 e. The Bertz CT molecular complexity index is 1240. The van der Waals surface area contributed by atoms with E-state index in [0.717, 1.165) is 96.3 Å². The minimum atomic E-state index is -0.816. The average Bonchev–Trinajstić information content (AvgIpc) is 3.23. The number of hydrogen-bond acceptors (Lipinski definition) is 5. The number of aliphatic hydroxyl groups is 2. The third kappa shape index (κ3) is 41.1. The molecule has 0 aromatic carbocycles. The molecule has 0 aliphatic heterocycles. The van der Waals surface area contributed by atoms with E-state index in [4.69, 9.17) is 4.74 Å². The molecule has 3 atom stereocenters. The Balaban J connectivity index is 4.81. The second-order valence-corrected chi connectivity index (χ2v) is 15.4. The van der Waals surface area contributed by atoms with Crippen molar-refractivity contribution in [1.82, 2.24) is 5.32 Å². The van der Waals surface area contributed by atoms with E-state index in [2.05, 4.69) is 135 Å².